The van der Waals surface area contributed by atoms with Crippen molar-refractivity contribution < 1.29 is 9.18 Å². The van der Waals surface area contributed by atoms with E-state index in [1.54, 1.807) is 12.1 Å². The van der Waals surface area contributed by atoms with Gasteiger partial charge in [0, 0.05) is 20.1 Å². The van der Waals surface area contributed by atoms with Crippen molar-refractivity contribution in [2.45, 2.75) is 12.6 Å². The minimum Gasteiger partial charge on any atom is -0.316 e. The molecule has 2 aromatic carbocycles. The predicted molar refractivity (Wildman–Crippen MR) is 86.4 cm³/mol. The van der Waals surface area contributed by atoms with Crippen LogP contribution in [0, 0.1) is 5.82 Å². The number of amides is 1. The highest BCUT2D eigenvalue weighted by molar-refractivity contribution is 9.10. The van der Waals surface area contributed by atoms with Crippen LogP contribution in [0.4, 0.5) is 10.1 Å². The van der Waals surface area contributed by atoms with E-state index in [4.69, 9.17) is 5.73 Å². The van der Waals surface area contributed by atoms with Crippen LogP contribution in [-0.2, 0) is 11.3 Å². The quantitative estimate of drug-likeness (QED) is 0.811. The summed E-state index contributed by atoms with van der Waals surface area (Å²) in [5.41, 5.74) is 7.90. The zero-order valence-electron chi connectivity index (χ0n) is 10.8. The van der Waals surface area contributed by atoms with Gasteiger partial charge in [0.05, 0.1) is 12.2 Å². The normalized spacial score (nSPS) is 17.2. The molecule has 108 valence electrons. The van der Waals surface area contributed by atoms with Crippen LogP contribution < -0.4 is 10.6 Å². The predicted octanol–water partition coefficient (Wildman–Crippen LogP) is 3.90. The highest BCUT2D eigenvalue weighted by Gasteiger charge is 2.36. The average molecular weight is 414 g/mol. The topological polar surface area (TPSA) is 46.3 Å². The van der Waals surface area contributed by atoms with Gasteiger partial charge >= 0.3 is 0 Å². The second kappa shape index (κ2) is 5.51. The van der Waals surface area contributed by atoms with Gasteiger partial charge in [-0.2, -0.15) is 0 Å². The summed E-state index contributed by atoms with van der Waals surface area (Å²) in [6, 6.07) is 9.58. The summed E-state index contributed by atoms with van der Waals surface area (Å²) in [7, 11) is 0. The fraction of sp³-hybridized carbons (Fsp3) is 0.133. The minimum atomic E-state index is -0.714. The number of hydrogen-bond acceptors (Lipinski definition) is 2. The summed E-state index contributed by atoms with van der Waals surface area (Å²) in [4.78, 5) is 13.9. The van der Waals surface area contributed by atoms with Gasteiger partial charge in [-0.3, -0.25) is 4.79 Å². The lowest BCUT2D eigenvalue weighted by Crippen LogP contribution is -2.31. The summed E-state index contributed by atoms with van der Waals surface area (Å²) in [5.74, 6) is -0.576. The first-order valence-corrected chi connectivity index (χ1v) is 7.87. The molecule has 0 fully saturated rings. The van der Waals surface area contributed by atoms with Crippen molar-refractivity contribution in [3.63, 3.8) is 0 Å². The van der Waals surface area contributed by atoms with Gasteiger partial charge < -0.3 is 10.6 Å². The van der Waals surface area contributed by atoms with Crippen molar-refractivity contribution in [2.24, 2.45) is 5.73 Å². The van der Waals surface area contributed by atoms with Crippen LogP contribution in [-0.4, -0.2) is 5.91 Å². The van der Waals surface area contributed by atoms with Gasteiger partial charge in [-0.15, -0.1) is 0 Å². The lowest BCUT2D eigenvalue weighted by atomic mass is 10.1. The molecule has 0 aromatic heterocycles. The third-order valence-electron chi connectivity index (χ3n) is 3.51. The first-order chi connectivity index (χ1) is 9.99. The smallest absolute Gasteiger partial charge is 0.248 e. The summed E-state index contributed by atoms with van der Waals surface area (Å²) in [6.45, 7) is 0.162. The van der Waals surface area contributed by atoms with Crippen LogP contribution >= 0.6 is 31.9 Å². The number of rotatable bonds is 2. The molecule has 0 bridgehead atoms. The van der Waals surface area contributed by atoms with Crippen LogP contribution in [0.15, 0.2) is 45.3 Å². The highest BCUT2D eigenvalue weighted by atomic mass is 79.9. The first-order valence-electron chi connectivity index (χ1n) is 6.28. The number of benzene rings is 2. The van der Waals surface area contributed by atoms with E-state index in [1.807, 2.05) is 18.2 Å². The van der Waals surface area contributed by atoms with E-state index < -0.39 is 6.04 Å². The Morgan fingerprint density at radius 2 is 2.00 bits per heavy atom. The number of hydrogen-bond donors (Lipinski definition) is 1. The molecule has 1 aliphatic rings. The lowest BCUT2D eigenvalue weighted by molar-refractivity contribution is -0.119. The molecule has 21 heavy (non-hydrogen) atoms. The Bertz CT molecular complexity index is 736. The van der Waals surface area contributed by atoms with Crippen LogP contribution in [0.3, 0.4) is 0 Å². The summed E-state index contributed by atoms with van der Waals surface area (Å²) >= 11 is 6.63. The van der Waals surface area contributed by atoms with Gasteiger partial charge in [0.2, 0.25) is 5.91 Å². The van der Waals surface area contributed by atoms with Gasteiger partial charge in [-0.05, 0) is 24.3 Å². The van der Waals surface area contributed by atoms with Gasteiger partial charge in [-0.25, -0.2) is 4.39 Å². The van der Waals surface area contributed by atoms with Crippen LogP contribution in [0.25, 0.3) is 0 Å². The molecule has 2 N–H and O–H groups in total. The maximum absolute atomic E-state index is 14.0. The zero-order valence-corrected chi connectivity index (χ0v) is 14.0. The van der Waals surface area contributed by atoms with Crippen molar-refractivity contribution >= 4 is 43.5 Å². The molecule has 0 aliphatic carbocycles. The molecular weight excluding hydrogens is 403 g/mol. The number of anilines is 1. The van der Waals surface area contributed by atoms with Crippen molar-refractivity contribution in [1.29, 1.82) is 0 Å². The Hall–Kier alpha value is -1.24. The van der Waals surface area contributed by atoms with Crippen molar-refractivity contribution in [1.82, 2.24) is 0 Å². The number of halogens is 3. The summed E-state index contributed by atoms with van der Waals surface area (Å²) in [6.07, 6.45) is 0. The molecule has 0 saturated carbocycles. The summed E-state index contributed by atoms with van der Waals surface area (Å²) in [5, 5.41) is 0. The molecule has 0 spiro atoms. The van der Waals surface area contributed by atoms with Crippen molar-refractivity contribution in [2.75, 3.05) is 4.90 Å². The minimum absolute atomic E-state index is 0.162. The number of nitrogens with zero attached hydrogens (tertiary/aromatic N) is 1. The Morgan fingerprint density at radius 3 is 2.71 bits per heavy atom. The van der Waals surface area contributed by atoms with Crippen molar-refractivity contribution in [3.05, 3.63) is 62.3 Å². The molecule has 3 nitrogen and oxygen atoms in total. The highest BCUT2D eigenvalue weighted by Crippen LogP contribution is 2.40. The summed E-state index contributed by atoms with van der Waals surface area (Å²) < 4.78 is 15.4. The number of nitrogens with two attached hydrogens (primary N) is 1. The Labute approximate surface area is 138 Å². The average Bonchev–Trinajstić information content (AvgIpc) is 2.68. The molecule has 1 aliphatic heterocycles. The Kier molecular flexibility index (Phi) is 3.86. The van der Waals surface area contributed by atoms with E-state index in [2.05, 4.69) is 31.9 Å². The van der Waals surface area contributed by atoms with E-state index in [1.165, 1.54) is 11.0 Å². The largest absolute Gasteiger partial charge is 0.316 e. The van der Waals surface area contributed by atoms with Gasteiger partial charge in [0.15, 0.2) is 0 Å². The Morgan fingerprint density at radius 1 is 1.24 bits per heavy atom. The SMILES string of the molecule is NC1C(=O)N(Cc2ccc(Br)cc2F)c2cccc(Br)c21. The van der Waals surface area contributed by atoms with E-state index in [9.17, 15) is 9.18 Å². The third-order valence-corrected chi connectivity index (χ3v) is 4.69. The van der Waals surface area contributed by atoms with Crippen molar-refractivity contribution in [3.8, 4) is 0 Å². The van der Waals surface area contributed by atoms with Gasteiger partial charge in [0.25, 0.3) is 0 Å². The molecule has 1 atom stereocenters. The number of carbonyl (C=O) groups excluding carboxylic acids is 1. The zero-order chi connectivity index (χ0) is 15.1. The lowest BCUT2D eigenvalue weighted by Gasteiger charge is -2.18. The van der Waals surface area contributed by atoms with E-state index in [0.29, 0.717) is 10.0 Å². The molecule has 3 rings (SSSR count). The molecule has 0 saturated heterocycles. The maximum atomic E-state index is 14.0. The second-order valence-electron chi connectivity index (χ2n) is 4.81. The molecule has 2 aromatic rings. The molecule has 6 heteroatoms. The van der Waals surface area contributed by atoms with E-state index in [0.717, 1.165) is 15.7 Å². The number of carbonyl (C=O) groups is 1. The first kappa shape index (κ1) is 14.7. The van der Waals surface area contributed by atoms with Gasteiger partial charge in [0.1, 0.15) is 11.9 Å². The van der Waals surface area contributed by atoms with Crippen LogP contribution in [0.5, 0.6) is 0 Å². The standard InChI is InChI=1S/C15H11Br2FN2O/c16-9-5-4-8(11(18)6-9)7-20-12-3-1-2-10(17)13(12)14(19)15(20)21/h1-6,14H,7,19H2. The second-order valence-corrected chi connectivity index (χ2v) is 6.58. The van der Waals surface area contributed by atoms with E-state index in [-0.39, 0.29) is 18.3 Å². The molecule has 1 amide bonds. The number of fused-ring (bicyclic) bond motifs is 1. The fourth-order valence-electron chi connectivity index (χ4n) is 2.46. The molecule has 1 heterocycles. The molecular formula is C15H11Br2FN2O. The molecule has 0 radical (unpaired) electrons. The van der Waals surface area contributed by atoms with Crippen LogP contribution in [0.2, 0.25) is 0 Å². The Balaban J connectivity index is 2.01. The monoisotopic (exact) mass is 412 g/mol. The maximum Gasteiger partial charge on any atom is 0.248 e. The van der Waals surface area contributed by atoms with Gasteiger partial charge in [-0.1, -0.05) is 44.0 Å². The fourth-order valence-corrected chi connectivity index (χ4v) is 3.40. The molecule has 1 unspecified atom stereocenters. The third kappa shape index (κ3) is 2.52. The van der Waals surface area contributed by atoms with Crippen LogP contribution in [0.1, 0.15) is 17.2 Å². The van der Waals surface area contributed by atoms with E-state index >= 15 is 0 Å².